The second kappa shape index (κ2) is 5.09. The van der Waals surface area contributed by atoms with Crippen molar-refractivity contribution in [2.75, 3.05) is 25.6 Å². The number of ether oxygens (including phenoxy) is 1. The third kappa shape index (κ3) is 2.26. The van der Waals surface area contributed by atoms with Crippen LogP contribution in [0.5, 0.6) is 0 Å². The summed E-state index contributed by atoms with van der Waals surface area (Å²) in [6.45, 7) is 0.268. The van der Waals surface area contributed by atoms with E-state index in [0.717, 1.165) is 11.3 Å². The van der Waals surface area contributed by atoms with E-state index in [1.165, 1.54) is 7.11 Å². The molecule has 1 aromatic carbocycles. The Morgan fingerprint density at radius 3 is 2.84 bits per heavy atom. The molecule has 1 aromatic rings. The number of fused-ring (bicyclic) bond motifs is 1. The van der Waals surface area contributed by atoms with Crippen LogP contribution in [0.2, 0.25) is 0 Å². The average molecular weight is 283 g/mol. The van der Waals surface area contributed by atoms with Gasteiger partial charge in [-0.3, -0.25) is 4.79 Å². The van der Waals surface area contributed by atoms with Crippen molar-refractivity contribution in [3.05, 3.63) is 29.8 Å². The number of hydrogen-bond acceptors (Lipinski definition) is 3. The lowest BCUT2D eigenvalue weighted by molar-refractivity contribution is -0.120. The van der Waals surface area contributed by atoms with Crippen LogP contribution in [-0.2, 0) is 14.4 Å². The number of nitrogens with one attached hydrogen (secondary N) is 1. The first-order valence-electron chi connectivity index (χ1n) is 5.89. The van der Waals surface area contributed by atoms with Gasteiger partial charge in [0.1, 0.15) is 0 Å². The number of nitrogens with zero attached hydrogens (tertiary/aromatic N) is 1. The van der Waals surface area contributed by atoms with Crippen LogP contribution < -0.4 is 10.2 Å². The summed E-state index contributed by atoms with van der Waals surface area (Å²) in [4.78, 5) is 23.7. The molecule has 102 valence electrons. The van der Waals surface area contributed by atoms with Crippen molar-refractivity contribution in [3.8, 4) is 0 Å². The molecule has 0 aliphatic carbocycles. The lowest BCUT2D eigenvalue weighted by atomic mass is 9.96. The molecule has 5 nitrogen and oxygen atoms in total. The lowest BCUT2D eigenvalue weighted by Gasteiger charge is -2.20. The van der Waals surface area contributed by atoms with Crippen molar-refractivity contribution < 1.29 is 14.3 Å². The Bertz CT molecular complexity index is 520. The maximum absolute atomic E-state index is 12.3. The van der Waals surface area contributed by atoms with Crippen molar-refractivity contribution in [3.63, 3.8) is 0 Å². The smallest absolute Gasteiger partial charge is 0.406 e. The van der Waals surface area contributed by atoms with Gasteiger partial charge in [-0.05, 0) is 12.5 Å². The van der Waals surface area contributed by atoms with Gasteiger partial charge in [0.2, 0.25) is 0 Å². The molecule has 2 amide bonds. The maximum atomic E-state index is 12.3. The van der Waals surface area contributed by atoms with Crippen LogP contribution in [0, 0.1) is 0 Å². The quantitative estimate of drug-likeness (QED) is 0.861. The normalized spacial score (nSPS) is 21.2. The highest BCUT2D eigenvalue weighted by Gasteiger charge is 2.47. The number of rotatable bonds is 3. The van der Waals surface area contributed by atoms with E-state index in [1.54, 1.807) is 11.9 Å². The Morgan fingerprint density at radius 2 is 2.16 bits per heavy atom. The minimum absolute atomic E-state index is 0.179. The summed E-state index contributed by atoms with van der Waals surface area (Å²) in [7, 11) is 2.98. The predicted octanol–water partition coefficient (Wildman–Crippen LogP) is 1.84. The molecule has 0 saturated carbocycles. The van der Waals surface area contributed by atoms with E-state index < -0.39 is 11.0 Å². The molecule has 0 radical (unpaired) electrons. The summed E-state index contributed by atoms with van der Waals surface area (Å²) in [6.07, 6.45) is -0.225. The summed E-state index contributed by atoms with van der Waals surface area (Å²) < 4.78 is 4.48. The monoisotopic (exact) mass is 282 g/mol. The highest BCUT2D eigenvalue weighted by atomic mass is 35.5. The van der Waals surface area contributed by atoms with E-state index in [2.05, 4.69) is 10.1 Å². The Balaban J connectivity index is 2.18. The minimum Gasteiger partial charge on any atom is -0.453 e. The molecular weight excluding hydrogens is 268 g/mol. The van der Waals surface area contributed by atoms with Gasteiger partial charge in [0.05, 0.1) is 7.11 Å². The molecule has 2 rings (SSSR count). The first kappa shape index (κ1) is 13.7. The fourth-order valence-electron chi connectivity index (χ4n) is 2.24. The number of hydrogen-bond donors (Lipinski definition) is 1. The number of alkyl halides is 1. The van der Waals surface area contributed by atoms with Crippen molar-refractivity contribution in [2.45, 2.75) is 11.3 Å². The van der Waals surface area contributed by atoms with Crippen LogP contribution in [0.3, 0.4) is 0 Å². The Labute approximate surface area is 116 Å². The maximum Gasteiger partial charge on any atom is 0.406 e. The number of likely N-dealkylation sites (N-methyl/N-ethyl adjacent to an activating group) is 1. The molecule has 1 aliphatic rings. The fraction of sp³-hybridized carbons (Fsp3) is 0.385. The van der Waals surface area contributed by atoms with Crippen molar-refractivity contribution in [2.24, 2.45) is 0 Å². The Morgan fingerprint density at radius 1 is 1.47 bits per heavy atom. The number of methoxy groups -OCH3 is 1. The average Bonchev–Trinajstić information content (AvgIpc) is 2.62. The minimum atomic E-state index is -1.12. The Kier molecular flexibility index (Phi) is 3.66. The molecule has 0 aromatic heterocycles. The van der Waals surface area contributed by atoms with Gasteiger partial charge in [-0.15, -0.1) is 11.6 Å². The van der Waals surface area contributed by atoms with Crippen LogP contribution in [0.15, 0.2) is 24.3 Å². The zero-order chi connectivity index (χ0) is 14.0. The number of benzene rings is 1. The lowest BCUT2D eigenvalue weighted by Crippen LogP contribution is -2.37. The van der Waals surface area contributed by atoms with Gasteiger partial charge < -0.3 is 15.0 Å². The van der Waals surface area contributed by atoms with E-state index >= 15 is 0 Å². The van der Waals surface area contributed by atoms with Crippen LogP contribution >= 0.6 is 11.6 Å². The van der Waals surface area contributed by atoms with Gasteiger partial charge in [-0.25, -0.2) is 4.79 Å². The van der Waals surface area contributed by atoms with Crippen molar-refractivity contribution in [1.82, 2.24) is 5.32 Å². The molecule has 0 fully saturated rings. The van der Waals surface area contributed by atoms with Gasteiger partial charge in [0, 0.05) is 24.8 Å². The van der Waals surface area contributed by atoms with Gasteiger partial charge >= 0.3 is 6.09 Å². The second-order valence-electron chi connectivity index (χ2n) is 4.35. The van der Waals surface area contributed by atoms with Gasteiger partial charge in [0.25, 0.3) is 5.91 Å². The number of para-hydroxylation sites is 1. The molecule has 1 N–H and O–H groups in total. The third-order valence-corrected chi connectivity index (χ3v) is 3.81. The number of alkyl carbamates (subject to hydrolysis) is 1. The zero-order valence-electron chi connectivity index (χ0n) is 10.8. The summed E-state index contributed by atoms with van der Waals surface area (Å²) in [6, 6.07) is 7.39. The molecular formula is C13H15ClN2O3. The van der Waals surface area contributed by atoms with Crippen molar-refractivity contribution in [1.29, 1.82) is 0 Å². The van der Waals surface area contributed by atoms with E-state index in [1.807, 2.05) is 24.3 Å². The van der Waals surface area contributed by atoms with Crippen LogP contribution in [0.1, 0.15) is 12.0 Å². The summed E-state index contributed by atoms with van der Waals surface area (Å²) in [5.41, 5.74) is 1.58. The number of carbonyl (C=O) groups is 2. The molecule has 0 saturated heterocycles. The topological polar surface area (TPSA) is 58.6 Å². The van der Waals surface area contributed by atoms with Crippen LogP contribution in [-0.4, -0.2) is 32.7 Å². The molecule has 1 heterocycles. The van der Waals surface area contributed by atoms with Crippen LogP contribution in [0.25, 0.3) is 0 Å². The summed E-state index contributed by atoms with van der Waals surface area (Å²) in [5.74, 6) is -0.179. The number of anilines is 1. The van der Waals surface area contributed by atoms with Gasteiger partial charge in [-0.1, -0.05) is 18.2 Å². The van der Waals surface area contributed by atoms with E-state index in [4.69, 9.17) is 11.6 Å². The van der Waals surface area contributed by atoms with Crippen molar-refractivity contribution >= 4 is 29.3 Å². The SMILES string of the molecule is COC(=O)NCCC1(Cl)C(=O)N(C)c2ccccc21. The number of amides is 2. The summed E-state index contributed by atoms with van der Waals surface area (Å²) >= 11 is 6.49. The molecule has 1 aliphatic heterocycles. The number of carbonyl (C=O) groups excluding carboxylic acids is 2. The zero-order valence-corrected chi connectivity index (χ0v) is 11.5. The van der Waals surface area contributed by atoms with E-state index in [-0.39, 0.29) is 12.5 Å². The molecule has 1 unspecified atom stereocenters. The van der Waals surface area contributed by atoms with Gasteiger partial charge in [0.15, 0.2) is 4.87 Å². The Hall–Kier alpha value is -1.75. The summed E-state index contributed by atoms with van der Waals surface area (Å²) in [5, 5.41) is 2.53. The van der Waals surface area contributed by atoms with E-state index in [0.29, 0.717) is 6.42 Å². The molecule has 19 heavy (non-hydrogen) atoms. The fourth-order valence-corrected chi connectivity index (χ4v) is 2.62. The van der Waals surface area contributed by atoms with E-state index in [9.17, 15) is 9.59 Å². The molecule has 1 atom stereocenters. The highest BCUT2D eigenvalue weighted by Crippen LogP contribution is 2.45. The second-order valence-corrected chi connectivity index (χ2v) is 5.00. The first-order chi connectivity index (χ1) is 9.00. The van der Waals surface area contributed by atoms with Crippen LogP contribution in [0.4, 0.5) is 10.5 Å². The molecule has 0 bridgehead atoms. The molecule has 0 spiro atoms. The standard InChI is InChI=1S/C13H15ClN2O3/c1-16-10-6-4-3-5-9(10)13(14,11(16)17)7-8-15-12(18)19-2/h3-6H,7-8H2,1-2H3,(H,15,18). The highest BCUT2D eigenvalue weighted by molar-refractivity contribution is 6.39. The third-order valence-electron chi connectivity index (χ3n) is 3.26. The predicted molar refractivity (Wildman–Crippen MR) is 72.4 cm³/mol. The molecule has 6 heteroatoms. The van der Waals surface area contributed by atoms with Gasteiger partial charge in [-0.2, -0.15) is 0 Å². The number of halogens is 1. The largest absolute Gasteiger partial charge is 0.453 e. The first-order valence-corrected chi connectivity index (χ1v) is 6.27.